The number of aryl methyl sites for hydroxylation is 1. The molecule has 1 aromatic carbocycles. The molecule has 1 aromatic heterocycles. The highest BCUT2D eigenvalue weighted by Crippen LogP contribution is 2.27. The minimum Gasteiger partial charge on any atom is -0.339 e. The number of aromatic nitrogens is 2. The van der Waals surface area contributed by atoms with Crippen LogP contribution in [0.5, 0.6) is 0 Å². The molecular weight excluding hydrogens is 248 g/mol. The first-order valence-corrected chi connectivity index (χ1v) is 5.99. The number of benzene rings is 1. The Kier molecular flexibility index (Phi) is 4.19. The summed E-state index contributed by atoms with van der Waals surface area (Å²) in [5.41, 5.74) is 5.73. The van der Waals surface area contributed by atoms with Crippen LogP contribution in [0, 0.1) is 10.1 Å². The van der Waals surface area contributed by atoms with Crippen LogP contribution in [0.3, 0.4) is 0 Å². The first kappa shape index (κ1) is 13.2. The molecule has 2 rings (SSSR count). The third kappa shape index (κ3) is 3.14. The van der Waals surface area contributed by atoms with Gasteiger partial charge in [-0.05, 0) is 25.5 Å². The predicted molar refractivity (Wildman–Crippen MR) is 68.4 cm³/mol. The van der Waals surface area contributed by atoms with Crippen molar-refractivity contribution in [2.24, 2.45) is 5.73 Å². The molecule has 0 aliphatic heterocycles. The van der Waals surface area contributed by atoms with Crippen molar-refractivity contribution < 1.29 is 9.45 Å². The summed E-state index contributed by atoms with van der Waals surface area (Å²) in [5.74, 6) is 0.719. The Labute approximate surface area is 109 Å². The number of nitrogens with two attached hydrogens (primary N) is 1. The molecule has 19 heavy (non-hydrogen) atoms. The molecule has 0 atom stereocenters. The zero-order chi connectivity index (χ0) is 13.7. The Morgan fingerprint density at radius 2 is 2.11 bits per heavy atom. The van der Waals surface area contributed by atoms with Crippen molar-refractivity contribution in [3.05, 3.63) is 40.3 Å². The van der Waals surface area contributed by atoms with Gasteiger partial charge in [0.15, 0.2) is 0 Å². The Bertz CT molecular complexity index is 568. The number of unbranched alkanes of at least 4 members (excludes halogenated alkanes) is 1. The summed E-state index contributed by atoms with van der Waals surface area (Å²) in [4.78, 5) is 14.6. The second-order valence-electron chi connectivity index (χ2n) is 4.03. The molecule has 0 saturated heterocycles. The van der Waals surface area contributed by atoms with Crippen molar-refractivity contribution in [2.45, 2.75) is 19.3 Å². The van der Waals surface area contributed by atoms with Gasteiger partial charge in [0.2, 0.25) is 11.7 Å². The Morgan fingerprint density at radius 1 is 1.32 bits per heavy atom. The van der Waals surface area contributed by atoms with Gasteiger partial charge in [0.25, 0.3) is 5.69 Å². The van der Waals surface area contributed by atoms with Gasteiger partial charge in [-0.2, -0.15) is 4.98 Å². The summed E-state index contributed by atoms with van der Waals surface area (Å²) in [6, 6.07) is 6.32. The number of para-hydroxylation sites is 1. The van der Waals surface area contributed by atoms with Crippen LogP contribution in [-0.2, 0) is 6.42 Å². The average Bonchev–Trinajstić information content (AvgIpc) is 2.88. The lowest BCUT2D eigenvalue weighted by molar-refractivity contribution is -0.384. The summed E-state index contributed by atoms with van der Waals surface area (Å²) in [7, 11) is 0. The summed E-state index contributed by atoms with van der Waals surface area (Å²) < 4.78 is 5.08. The first-order chi connectivity index (χ1) is 9.22. The Morgan fingerprint density at radius 3 is 2.84 bits per heavy atom. The molecule has 0 aliphatic carbocycles. The van der Waals surface area contributed by atoms with Crippen LogP contribution < -0.4 is 5.73 Å². The van der Waals surface area contributed by atoms with E-state index in [0.29, 0.717) is 24.4 Å². The number of nitro groups is 1. The van der Waals surface area contributed by atoms with Gasteiger partial charge in [0.05, 0.1) is 4.92 Å². The van der Waals surface area contributed by atoms with Crippen molar-refractivity contribution >= 4 is 5.69 Å². The summed E-state index contributed by atoms with van der Waals surface area (Å²) in [6.45, 7) is 0.616. The fraction of sp³-hybridized carbons (Fsp3) is 0.333. The van der Waals surface area contributed by atoms with Crippen LogP contribution in [0.2, 0.25) is 0 Å². The molecule has 2 aromatic rings. The van der Waals surface area contributed by atoms with Crippen molar-refractivity contribution in [3.8, 4) is 11.4 Å². The molecule has 0 spiro atoms. The second-order valence-corrected chi connectivity index (χ2v) is 4.03. The smallest absolute Gasteiger partial charge is 0.280 e. The van der Waals surface area contributed by atoms with Gasteiger partial charge in [-0.15, -0.1) is 0 Å². The highest BCUT2D eigenvalue weighted by Gasteiger charge is 2.18. The van der Waals surface area contributed by atoms with E-state index in [1.54, 1.807) is 18.2 Å². The Hall–Kier alpha value is -2.28. The normalized spacial score (nSPS) is 10.6. The number of rotatable bonds is 6. The maximum Gasteiger partial charge on any atom is 0.280 e. The molecule has 0 fully saturated rings. The molecular formula is C12H14N4O3. The SMILES string of the molecule is NCCCCc1nc(-c2ccccc2[N+](=O)[O-])no1. The van der Waals surface area contributed by atoms with Gasteiger partial charge < -0.3 is 10.3 Å². The van der Waals surface area contributed by atoms with E-state index in [1.807, 2.05) is 0 Å². The molecule has 2 N–H and O–H groups in total. The lowest BCUT2D eigenvalue weighted by Gasteiger charge is -1.96. The maximum atomic E-state index is 10.9. The standard InChI is InChI=1S/C12H14N4O3/c13-8-4-3-7-11-14-12(15-19-11)9-5-1-2-6-10(9)16(17)18/h1-2,5-6H,3-4,7-8,13H2. The minimum absolute atomic E-state index is 0.0307. The summed E-state index contributed by atoms with van der Waals surface area (Å²) in [5, 5.41) is 14.7. The zero-order valence-electron chi connectivity index (χ0n) is 10.3. The van der Waals surface area contributed by atoms with E-state index < -0.39 is 4.92 Å². The minimum atomic E-state index is -0.459. The van der Waals surface area contributed by atoms with E-state index in [9.17, 15) is 10.1 Å². The quantitative estimate of drug-likeness (QED) is 0.484. The van der Waals surface area contributed by atoms with E-state index in [4.69, 9.17) is 10.3 Å². The van der Waals surface area contributed by atoms with Gasteiger partial charge in [0.1, 0.15) is 5.56 Å². The van der Waals surface area contributed by atoms with Gasteiger partial charge >= 0.3 is 0 Å². The van der Waals surface area contributed by atoms with Crippen LogP contribution in [0.4, 0.5) is 5.69 Å². The van der Waals surface area contributed by atoms with Crippen molar-refractivity contribution in [1.29, 1.82) is 0 Å². The summed E-state index contributed by atoms with van der Waals surface area (Å²) >= 11 is 0. The lowest BCUT2D eigenvalue weighted by atomic mass is 10.1. The first-order valence-electron chi connectivity index (χ1n) is 5.99. The number of nitrogens with zero attached hydrogens (tertiary/aromatic N) is 3. The molecule has 0 radical (unpaired) electrons. The van der Waals surface area contributed by atoms with E-state index >= 15 is 0 Å². The van der Waals surface area contributed by atoms with Gasteiger partial charge in [0, 0.05) is 12.5 Å². The molecule has 7 nitrogen and oxygen atoms in total. The van der Waals surface area contributed by atoms with Crippen LogP contribution in [0.25, 0.3) is 11.4 Å². The number of hydrogen-bond donors (Lipinski definition) is 1. The van der Waals surface area contributed by atoms with Crippen LogP contribution in [0.1, 0.15) is 18.7 Å². The molecule has 0 aliphatic rings. The largest absolute Gasteiger partial charge is 0.339 e. The fourth-order valence-corrected chi connectivity index (χ4v) is 1.71. The van der Waals surface area contributed by atoms with Crippen LogP contribution in [-0.4, -0.2) is 21.6 Å². The molecule has 0 amide bonds. The molecule has 1 heterocycles. The van der Waals surface area contributed by atoms with E-state index in [1.165, 1.54) is 6.07 Å². The number of nitro benzene ring substituents is 1. The topological polar surface area (TPSA) is 108 Å². The Balaban J connectivity index is 2.21. The highest BCUT2D eigenvalue weighted by molar-refractivity contribution is 5.67. The molecule has 0 unspecified atom stereocenters. The molecule has 0 bridgehead atoms. The number of hydrogen-bond acceptors (Lipinski definition) is 6. The predicted octanol–water partition coefficient (Wildman–Crippen LogP) is 1.93. The zero-order valence-corrected chi connectivity index (χ0v) is 10.3. The fourth-order valence-electron chi connectivity index (χ4n) is 1.71. The highest BCUT2D eigenvalue weighted by atomic mass is 16.6. The van der Waals surface area contributed by atoms with Crippen LogP contribution >= 0.6 is 0 Å². The van der Waals surface area contributed by atoms with E-state index in [0.717, 1.165) is 12.8 Å². The van der Waals surface area contributed by atoms with Gasteiger partial charge in [-0.1, -0.05) is 17.3 Å². The third-order valence-electron chi connectivity index (χ3n) is 2.65. The van der Waals surface area contributed by atoms with E-state index in [2.05, 4.69) is 10.1 Å². The lowest BCUT2D eigenvalue weighted by Crippen LogP contribution is -1.99. The molecule has 0 saturated carbocycles. The van der Waals surface area contributed by atoms with Crippen molar-refractivity contribution in [3.63, 3.8) is 0 Å². The van der Waals surface area contributed by atoms with E-state index in [-0.39, 0.29) is 11.5 Å². The summed E-state index contributed by atoms with van der Waals surface area (Å²) in [6.07, 6.45) is 2.36. The molecule has 100 valence electrons. The van der Waals surface area contributed by atoms with Crippen molar-refractivity contribution in [1.82, 2.24) is 10.1 Å². The van der Waals surface area contributed by atoms with Gasteiger partial charge in [-0.25, -0.2) is 0 Å². The van der Waals surface area contributed by atoms with Crippen molar-refractivity contribution in [2.75, 3.05) is 6.54 Å². The second kappa shape index (κ2) is 6.05. The van der Waals surface area contributed by atoms with Crippen LogP contribution in [0.15, 0.2) is 28.8 Å². The monoisotopic (exact) mass is 262 g/mol. The average molecular weight is 262 g/mol. The maximum absolute atomic E-state index is 10.9. The van der Waals surface area contributed by atoms with Gasteiger partial charge in [-0.3, -0.25) is 10.1 Å². The third-order valence-corrected chi connectivity index (χ3v) is 2.65. The molecule has 7 heteroatoms.